The van der Waals surface area contributed by atoms with Gasteiger partial charge in [-0.3, -0.25) is 14.5 Å². The Balaban J connectivity index is 1.42. The number of amides is 2. The molecule has 3 heterocycles. The number of alkyl halides is 5. The average molecular weight is 561 g/mol. The van der Waals surface area contributed by atoms with Gasteiger partial charge in [-0.2, -0.15) is 22.0 Å². The van der Waals surface area contributed by atoms with Gasteiger partial charge in [0.25, 0.3) is 11.8 Å². The molecule has 5 rings (SSSR count). The smallest absolute Gasteiger partial charge is 0.348 e. The van der Waals surface area contributed by atoms with Crippen molar-refractivity contribution in [1.82, 2.24) is 20.5 Å². The number of fused-ring (bicyclic) bond motifs is 1. The molecule has 0 saturated carbocycles. The average Bonchev–Trinajstić information content (AvgIpc) is 3.30. The second kappa shape index (κ2) is 10.8. The van der Waals surface area contributed by atoms with E-state index in [-0.39, 0.29) is 35.1 Å². The predicted octanol–water partition coefficient (Wildman–Crippen LogP) is 4.38. The van der Waals surface area contributed by atoms with E-state index in [0.29, 0.717) is 55.6 Å². The lowest BCUT2D eigenvalue weighted by Gasteiger charge is -2.30. The van der Waals surface area contributed by atoms with Gasteiger partial charge in [0.05, 0.1) is 5.56 Å². The topological polar surface area (TPSA) is 98.4 Å². The van der Waals surface area contributed by atoms with E-state index in [0.717, 1.165) is 12.1 Å². The van der Waals surface area contributed by atoms with Gasteiger partial charge in [0.1, 0.15) is 5.82 Å². The molecule has 40 heavy (non-hydrogen) atoms. The number of piperazine rings is 1. The first kappa shape index (κ1) is 27.5. The fraction of sp³-hybridized carbons (Fsp3) is 0.296. The number of hydrogen-bond acceptors (Lipinski definition) is 6. The van der Waals surface area contributed by atoms with Gasteiger partial charge in [0.2, 0.25) is 0 Å². The number of nitrogens with one attached hydrogen (secondary N) is 4. The Morgan fingerprint density at radius 2 is 1.80 bits per heavy atom. The standard InChI is InChI=1S/C27H25F5N6O2/c28-26(29,27(30,31)32)21-7-6-17(13-16(21)15-38-11-9-33-10-12-38)36-25(40)19-4-2-8-34-23(19)37-22-5-1-3-18-20(22)14-35-24(18)39/h1-8,13,33H,9-12,14-15H2,(H,34,37)(H,35,39)(H,36,40). The highest BCUT2D eigenvalue weighted by atomic mass is 19.4. The molecule has 1 fully saturated rings. The van der Waals surface area contributed by atoms with Gasteiger partial charge >= 0.3 is 12.1 Å². The number of hydrogen-bond donors (Lipinski definition) is 4. The molecule has 2 aromatic carbocycles. The first-order valence-corrected chi connectivity index (χ1v) is 12.5. The molecule has 1 saturated heterocycles. The molecule has 0 unspecified atom stereocenters. The lowest BCUT2D eigenvalue weighted by atomic mass is 9.99. The van der Waals surface area contributed by atoms with Crippen LogP contribution < -0.4 is 21.3 Å². The molecule has 3 aromatic rings. The molecule has 210 valence electrons. The second-order valence-electron chi connectivity index (χ2n) is 9.46. The fourth-order valence-electron chi connectivity index (χ4n) is 4.76. The van der Waals surface area contributed by atoms with Gasteiger partial charge in [0.15, 0.2) is 0 Å². The zero-order chi connectivity index (χ0) is 28.5. The van der Waals surface area contributed by atoms with Crippen molar-refractivity contribution < 1.29 is 31.5 Å². The summed E-state index contributed by atoms with van der Waals surface area (Å²) in [7, 11) is 0. The maximum absolute atomic E-state index is 14.4. The molecule has 0 atom stereocenters. The Bertz CT molecular complexity index is 1440. The van der Waals surface area contributed by atoms with Crippen LogP contribution in [0, 0.1) is 0 Å². The Morgan fingerprint density at radius 3 is 2.55 bits per heavy atom. The minimum Gasteiger partial charge on any atom is -0.348 e. The summed E-state index contributed by atoms with van der Waals surface area (Å²) in [5.41, 5.74) is 0.557. The van der Waals surface area contributed by atoms with Crippen LogP contribution in [0.25, 0.3) is 0 Å². The number of benzene rings is 2. The second-order valence-corrected chi connectivity index (χ2v) is 9.46. The Morgan fingerprint density at radius 1 is 1.02 bits per heavy atom. The summed E-state index contributed by atoms with van der Waals surface area (Å²) >= 11 is 0. The summed E-state index contributed by atoms with van der Waals surface area (Å²) in [6, 6.07) is 11.0. The molecule has 4 N–H and O–H groups in total. The molecule has 2 amide bonds. The zero-order valence-corrected chi connectivity index (χ0v) is 21.0. The SMILES string of the molecule is O=C(Nc1ccc(C(F)(F)C(F)(F)F)c(CN2CCNCC2)c1)c1cccnc1Nc1cccc2c1CNC2=O. The minimum absolute atomic E-state index is 0.0575. The van der Waals surface area contributed by atoms with Crippen LogP contribution in [0.15, 0.2) is 54.7 Å². The van der Waals surface area contributed by atoms with E-state index in [1.54, 1.807) is 23.1 Å². The van der Waals surface area contributed by atoms with Crippen molar-refractivity contribution >= 4 is 29.0 Å². The fourth-order valence-corrected chi connectivity index (χ4v) is 4.76. The number of carbonyl (C=O) groups excluding carboxylic acids is 2. The van der Waals surface area contributed by atoms with Crippen molar-refractivity contribution in [2.45, 2.75) is 25.2 Å². The molecule has 2 aliphatic heterocycles. The third-order valence-corrected chi connectivity index (χ3v) is 6.81. The Labute approximate surface area is 226 Å². The molecule has 0 aliphatic carbocycles. The van der Waals surface area contributed by atoms with Gasteiger partial charge in [-0.15, -0.1) is 0 Å². The van der Waals surface area contributed by atoms with Gasteiger partial charge in [-0.05, 0) is 42.0 Å². The van der Waals surface area contributed by atoms with E-state index in [1.165, 1.54) is 18.3 Å². The first-order chi connectivity index (χ1) is 19.0. The van der Waals surface area contributed by atoms with Crippen LogP contribution >= 0.6 is 0 Å². The molecule has 8 nitrogen and oxygen atoms in total. The van der Waals surface area contributed by atoms with Crippen molar-refractivity contribution in [2.75, 3.05) is 36.8 Å². The van der Waals surface area contributed by atoms with Gasteiger partial charge in [0, 0.05) is 73.5 Å². The van der Waals surface area contributed by atoms with Crippen LogP contribution in [0.3, 0.4) is 0 Å². The minimum atomic E-state index is -5.77. The maximum atomic E-state index is 14.4. The van der Waals surface area contributed by atoms with E-state index in [1.807, 2.05) is 0 Å². The molecule has 1 aromatic heterocycles. The van der Waals surface area contributed by atoms with Crippen LogP contribution in [0.2, 0.25) is 0 Å². The monoisotopic (exact) mass is 560 g/mol. The number of carbonyl (C=O) groups is 2. The summed E-state index contributed by atoms with van der Waals surface area (Å²) < 4.78 is 68.6. The van der Waals surface area contributed by atoms with Crippen LogP contribution in [0.1, 0.15) is 37.4 Å². The van der Waals surface area contributed by atoms with Crippen LogP contribution in [-0.4, -0.2) is 54.1 Å². The van der Waals surface area contributed by atoms with Crippen molar-refractivity contribution in [3.8, 4) is 0 Å². The molecular formula is C27H25F5N6O2. The highest BCUT2D eigenvalue weighted by Crippen LogP contribution is 2.45. The van der Waals surface area contributed by atoms with Crippen molar-refractivity contribution in [3.63, 3.8) is 0 Å². The predicted molar refractivity (Wildman–Crippen MR) is 138 cm³/mol. The van der Waals surface area contributed by atoms with Crippen molar-refractivity contribution in [1.29, 1.82) is 0 Å². The van der Waals surface area contributed by atoms with E-state index in [2.05, 4.69) is 26.3 Å². The van der Waals surface area contributed by atoms with Crippen LogP contribution in [0.5, 0.6) is 0 Å². The highest BCUT2D eigenvalue weighted by molar-refractivity contribution is 6.08. The van der Waals surface area contributed by atoms with E-state index >= 15 is 0 Å². The Hall–Kier alpha value is -4.10. The largest absolute Gasteiger partial charge is 0.458 e. The zero-order valence-electron chi connectivity index (χ0n) is 21.0. The van der Waals surface area contributed by atoms with Crippen LogP contribution in [-0.2, 0) is 19.0 Å². The van der Waals surface area contributed by atoms with Gasteiger partial charge in [-0.1, -0.05) is 12.1 Å². The van der Waals surface area contributed by atoms with Gasteiger partial charge < -0.3 is 21.3 Å². The lowest BCUT2D eigenvalue weighted by molar-refractivity contribution is -0.289. The van der Waals surface area contributed by atoms with E-state index in [9.17, 15) is 31.5 Å². The van der Waals surface area contributed by atoms with E-state index < -0.39 is 23.6 Å². The van der Waals surface area contributed by atoms with E-state index in [4.69, 9.17) is 0 Å². The maximum Gasteiger partial charge on any atom is 0.458 e. The third-order valence-electron chi connectivity index (χ3n) is 6.81. The third kappa shape index (κ3) is 5.47. The normalized spacial score (nSPS) is 15.9. The quantitative estimate of drug-likeness (QED) is 0.321. The van der Waals surface area contributed by atoms with Crippen LogP contribution in [0.4, 0.5) is 39.1 Å². The number of pyridine rings is 1. The van der Waals surface area contributed by atoms with Gasteiger partial charge in [-0.25, -0.2) is 4.98 Å². The summed E-state index contributed by atoms with van der Waals surface area (Å²) in [5.74, 6) is -5.76. The first-order valence-electron chi connectivity index (χ1n) is 12.5. The highest BCUT2D eigenvalue weighted by Gasteiger charge is 2.59. The molecule has 0 spiro atoms. The number of aromatic nitrogens is 1. The number of halogens is 5. The molecule has 0 bridgehead atoms. The summed E-state index contributed by atoms with van der Waals surface area (Å²) in [5, 5.41) is 11.5. The molecular weight excluding hydrogens is 535 g/mol. The number of nitrogens with zero attached hydrogens (tertiary/aromatic N) is 2. The summed E-state index contributed by atoms with van der Waals surface area (Å²) in [6.45, 7) is 2.26. The molecule has 13 heteroatoms. The van der Waals surface area contributed by atoms with Crippen molar-refractivity contribution in [2.24, 2.45) is 0 Å². The Kier molecular flexibility index (Phi) is 7.43. The number of rotatable bonds is 7. The molecule has 2 aliphatic rings. The number of anilines is 3. The molecule has 0 radical (unpaired) electrons. The summed E-state index contributed by atoms with van der Waals surface area (Å²) in [4.78, 5) is 31.3. The summed E-state index contributed by atoms with van der Waals surface area (Å²) in [6.07, 6.45) is -4.31. The van der Waals surface area contributed by atoms with Crippen molar-refractivity contribution in [3.05, 3.63) is 82.5 Å². The lowest BCUT2D eigenvalue weighted by Crippen LogP contribution is -2.43.